The molecule has 25 heavy (non-hydrogen) atoms. The summed E-state index contributed by atoms with van der Waals surface area (Å²) in [5.41, 5.74) is 2.76. The molecule has 1 atom stereocenters. The Morgan fingerprint density at radius 1 is 1.40 bits per heavy atom. The van der Waals surface area contributed by atoms with E-state index in [1.165, 1.54) is 5.56 Å². The molecule has 2 aromatic heterocycles. The standard InChI is InChI=1S/C18H21N5O2/c1-3-22-11-19-21-17(22)16-10-23(6-7-25-16)18(24)15-9-13-5-4-12(2)8-14(13)20-15/h4-5,8-9,11,16,20H,3,6-7,10H2,1-2H3/t16-/m0/s1. The highest BCUT2D eigenvalue weighted by molar-refractivity contribution is 5.98. The van der Waals surface area contributed by atoms with E-state index in [0.717, 1.165) is 23.3 Å². The van der Waals surface area contributed by atoms with Crippen LogP contribution in [0.2, 0.25) is 0 Å². The fourth-order valence-electron chi connectivity index (χ4n) is 3.27. The molecule has 0 spiro atoms. The molecule has 0 unspecified atom stereocenters. The van der Waals surface area contributed by atoms with E-state index in [-0.39, 0.29) is 12.0 Å². The van der Waals surface area contributed by atoms with Gasteiger partial charge < -0.3 is 19.2 Å². The molecule has 130 valence electrons. The Kier molecular flexibility index (Phi) is 4.01. The predicted molar refractivity (Wildman–Crippen MR) is 93.3 cm³/mol. The summed E-state index contributed by atoms with van der Waals surface area (Å²) in [7, 11) is 0. The molecule has 7 nitrogen and oxygen atoms in total. The molecule has 1 saturated heterocycles. The number of aromatic amines is 1. The zero-order valence-electron chi connectivity index (χ0n) is 14.4. The maximum absolute atomic E-state index is 12.9. The molecule has 3 heterocycles. The van der Waals surface area contributed by atoms with Crippen molar-refractivity contribution in [3.8, 4) is 0 Å². The first-order chi connectivity index (χ1) is 12.2. The molecule has 0 saturated carbocycles. The van der Waals surface area contributed by atoms with Crippen LogP contribution in [0.25, 0.3) is 10.9 Å². The van der Waals surface area contributed by atoms with Gasteiger partial charge in [0.25, 0.3) is 5.91 Å². The van der Waals surface area contributed by atoms with Crippen LogP contribution in [0, 0.1) is 6.92 Å². The number of amides is 1. The van der Waals surface area contributed by atoms with Crippen LogP contribution < -0.4 is 0 Å². The highest BCUT2D eigenvalue weighted by Crippen LogP contribution is 2.23. The van der Waals surface area contributed by atoms with Crippen molar-refractivity contribution < 1.29 is 9.53 Å². The molecule has 3 aromatic rings. The second-order valence-corrected chi connectivity index (χ2v) is 6.36. The van der Waals surface area contributed by atoms with Gasteiger partial charge in [-0.1, -0.05) is 12.1 Å². The molecule has 4 rings (SSSR count). The zero-order chi connectivity index (χ0) is 17.4. The molecule has 0 bridgehead atoms. The SMILES string of the molecule is CCn1cnnc1[C@@H]1CN(C(=O)c2cc3ccc(C)cc3[nH]2)CCO1. The molecule has 1 amide bonds. The minimum absolute atomic E-state index is 0.00952. The van der Waals surface area contributed by atoms with E-state index in [1.807, 2.05) is 41.5 Å². The number of ether oxygens (including phenoxy) is 1. The summed E-state index contributed by atoms with van der Waals surface area (Å²) in [6, 6.07) is 8.05. The Hall–Kier alpha value is -2.67. The van der Waals surface area contributed by atoms with Gasteiger partial charge in [-0.05, 0) is 31.5 Å². The molecule has 7 heteroatoms. The number of carbonyl (C=O) groups is 1. The highest BCUT2D eigenvalue weighted by atomic mass is 16.5. The third kappa shape index (κ3) is 2.91. The summed E-state index contributed by atoms with van der Waals surface area (Å²) in [6.07, 6.45) is 1.45. The predicted octanol–water partition coefficient (Wildman–Crippen LogP) is 2.30. The van der Waals surface area contributed by atoms with E-state index in [2.05, 4.69) is 21.2 Å². The van der Waals surface area contributed by atoms with Crippen LogP contribution >= 0.6 is 0 Å². The Labute approximate surface area is 145 Å². The molecule has 0 radical (unpaired) electrons. The van der Waals surface area contributed by atoms with Crippen molar-refractivity contribution in [3.05, 3.63) is 47.7 Å². The fourth-order valence-corrected chi connectivity index (χ4v) is 3.27. The van der Waals surface area contributed by atoms with Crippen molar-refractivity contribution in [2.75, 3.05) is 19.7 Å². The number of hydrogen-bond donors (Lipinski definition) is 1. The minimum atomic E-state index is -0.244. The van der Waals surface area contributed by atoms with Crippen LogP contribution in [0.3, 0.4) is 0 Å². The molecule has 1 aromatic carbocycles. The number of nitrogens with zero attached hydrogens (tertiary/aromatic N) is 4. The second kappa shape index (κ2) is 6.33. The number of morpholine rings is 1. The van der Waals surface area contributed by atoms with E-state index < -0.39 is 0 Å². The zero-order valence-corrected chi connectivity index (χ0v) is 14.4. The first kappa shape index (κ1) is 15.8. The average Bonchev–Trinajstić information content (AvgIpc) is 3.27. The normalized spacial score (nSPS) is 18.0. The van der Waals surface area contributed by atoms with Gasteiger partial charge in [0, 0.05) is 24.0 Å². The summed E-state index contributed by atoms with van der Waals surface area (Å²) < 4.78 is 7.78. The number of rotatable bonds is 3. The highest BCUT2D eigenvalue weighted by Gasteiger charge is 2.29. The number of carbonyl (C=O) groups excluding carboxylic acids is 1. The first-order valence-corrected chi connectivity index (χ1v) is 8.53. The molecule has 1 aliphatic heterocycles. The number of hydrogen-bond acceptors (Lipinski definition) is 4. The summed E-state index contributed by atoms with van der Waals surface area (Å²) in [5, 5.41) is 9.17. The monoisotopic (exact) mass is 339 g/mol. The lowest BCUT2D eigenvalue weighted by atomic mass is 10.2. The molecule has 1 fully saturated rings. The van der Waals surface area contributed by atoms with Crippen LogP contribution in [0.4, 0.5) is 0 Å². The summed E-state index contributed by atoms with van der Waals surface area (Å²) in [4.78, 5) is 18.0. The van der Waals surface area contributed by atoms with Crippen LogP contribution in [-0.4, -0.2) is 50.3 Å². The number of H-pyrrole nitrogens is 1. The summed E-state index contributed by atoms with van der Waals surface area (Å²) in [5.74, 6) is 0.761. The largest absolute Gasteiger partial charge is 0.366 e. The smallest absolute Gasteiger partial charge is 0.270 e. The Morgan fingerprint density at radius 2 is 2.28 bits per heavy atom. The average molecular weight is 339 g/mol. The Bertz CT molecular complexity index is 913. The van der Waals surface area contributed by atoms with Crippen molar-refractivity contribution in [3.63, 3.8) is 0 Å². The molecule has 0 aliphatic carbocycles. The first-order valence-electron chi connectivity index (χ1n) is 8.53. The lowest BCUT2D eigenvalue weighted by Crippen LogP contribution is -2.43. The second-order valence-electron chi connectivity index (χ2n) is 6.36. The lowest BCUT2D eigenvalue weighted by molar-refractivity contribution is -0.0285. The van der Waals surface area contributed by atoms with Gasteiger partial charge in [0.1, 0.15) is 18.1 Å². The van der Waals surface area contributed by atoms with Crippen molar-refractivity contribution in [2.45, 2.75) is 26.5 Å². The third-order valence-corrected chi connectivity index (χ3v) is 4.64. The van der Waals surface area contributed by atoms with Gasteiger partial charge in [-0.15, -0.1) is 10.2 Å². The van der Waals surface area contributed by atoms with E-state index in [9.17, 15) is 4.79 Å². The quantitative estimate of drug-likeness (QED) is 0.794. The topological polar surface area (TPSA) is 76.0 Å². The number of fused-ring (bicyclic) bond motifs is 1. The van der Waals surface area contributed by atoms with E-state index in [0.29, 0.717) is 25.4 Å². The number of aryl methyl sites for hydroxylation is 2. The number of nitrogens with one attached hydrogen (secondary N) is 1. The van der Waals surface area contributed by atoms with Gasteiger partial charge in [0.05, 0.1) is 13.2 Å². The van der Waals surface area contributed by atoms with Crippen molar-refractivity contribution in [2.24, 2.45) is 0 Å². The molecule has 1 aliphatic rings. The van der Waals surface area contributed by atoms with Crippen molar-refractivity contribution in [1.29, 1.82) is 0 Å². The molecular weight excluding hydrogens is 318 g/mol. The maximum atomic E-state index is 12.9. The Balaban J connectivity index is 1.56. The van der Waals surface area contributed by atoms with E-state index in [1.54, 1.807) is 6.33 Å². The third-order valence-electron chi connectivity index (χ3n) is 4.64. The van der Waals surface area contributed by atoms with Crippen LogP contribution in [0.15, 0.2) is 30.6 Å². The molecule has 1 N–H and O–H groups in total. The Morgan fingerprint density at radius 3 is 3.12 bits per heavy atom. The minimum Gasteiger partial charge on any atom is -0.366 e. The van der Waals surface area contributed by atoms with E-state index >= 15 is 0 Å². The number of benzene rings is 1. The summed E-state index contributed by atoms with van der Waals surface area (Å²) >= 11 is 0. The van der Waals surface area contributed by atoms with Gasteiger partial charge in [0.2, 0.25) is 0 Å². The van der Waals surface area contributed by atoms with Crippen LogP contribution in [0.5, 0.6) is 0 Å². The summed E-state index contributed by atoms with van der Waals surface area (Å²) in [6.45, 7) is 6.39. The fraction of sp³-hybridized carbons (Fsp3) is 0.389. The number of aromatic nitrogens is 4. The maximum Gasteiger partial charge on any atom is 0.270 e. The van der Waals surface area contributed by atoms with Crippen molar-refractivity contribution >= 4 is 16.8 Å². The van der Waals surface area contributed by atoms with Gasteiger partial charge in [0.15, 0.2) is 5.82 Å². The van der Waals surface area contributed by atoms with Crippen LogP contribution in [-0.2, 0) is 11.3 Å². The van der Waals surface area contributed by atoms with Crippen LogP contribution in [0.1, 0.15) is 34.9 Å². The molecular formula is C18H21N5O2. The van der Waals surface area contributed by atoms with Gasteiger partial charge in [-0.25, -0.2) is 0 Å². The van der Waals surface area contributed by atoms with E-state index in [4.69, 9.17) is 4.74 Å². The lowest BCUT2D eigenvalue weighted by Gasteiger charge is -2.32. The van der Waals surface area contributed by atoms with Gasteiger partial charge >= 0.3 is 0 Å². The van der Waals surface area contributed by atoms with Gasteiger partial charge in [-0.2, -0.15) is 0 Å². The van der Waals surface area contributed by atoms with Crippen molar-refractivity contribution in [1.82, 2.24) is 24.6 Å². The van der Waals surface area contributed by atoms with Gasteiger partial charge in [-0.3, -0.25) is 4.79 Å².